The number of halogens is 2. The lowest BCUT2D eigenvalue weighted by atomic mass is 9.96. The maximum Gasteiger partial charge on any atom is 0.407 e. The van der Waals surface area contributed by atoms with Crippen molar-refractivity contribution in [3.63, 3.8) is 0 Å². The Labute approximate surface area is 195 Å². The molecule has 34 heavy (non-hydrogen) atoms. The van der Waals surface area contributed by atoms with Gasteiger partial charge in [0.05, 0.1) is 12.3 Å². The van der Waals surface area contributed by atoms with E-state index in [0.717, 1.165) is 22.3 Å². The van der Waals surface area contributed by atoms with E-state index in [4.69, 9.17) is 9.84 Å². The van der Waals surface area contributed by atoms with E-state index < -0.39 is 42.8 Å². The first-order chi connectivity index (χ1) is 16.3. The van der Waals surface area contributed by atoms with Crippen molar-refractivity contribution in [2.75, 3.05) is 19.7 Å². The number of piperidine rings is 1. The second-order valence-corrected chi connectivity index (χ2v) is 8.61. The van der Waals surface area contributed by atoms with Crippen LogP contribution in [-0.2, 0) is 14.3 Å². The number of alkyl carbamates (subject to hydrolysis) is 1. The van der Waals surface area contributed by atoms with E-state index in [1.807, 2.05) is 48.5 Å². The summed E-state index contributed by atoms with van der Waals surface area (Å²) in [5.41, 5.74) is 4.10. The fourth-order valence-corrected chi connectivity index (χ4v) is 4.69. The number of likely N-dealkylation sites (tertiary alicyclic amines) is 1. The molecule has 9 heteroatoms. The molecule has 7 nitrogen and oxygen atoms in total. The van der Waals surface area contributed by atoms with Gasteiger partial charge in [-0.2, -0.15) is 0 Å². The van der Waals surface area contributed by atoms with Crippen molar-refractivity contribution < 1.29 is 33.0 Å². The molecule has 180 valence electrons. The Morgan fingerprint density at radius 1 is 1.00 bits per heavy atom. The Hall–Kier alpha value is -3.49. The molecule has 2 aromatic carbocycles. The van der Waals surface area contributed by atoms with E-state index in [9.17, 15) is 23.2 Å². The zero-order chi connectivity index (χ0) is 24.2. The van der Waals surface area contributed by atoms with Crippen molar-refractivity contribution >= 4 is 18.0 Å². The van der Waals surface area contributed by atoms with Crippen LogP contribution in [0.15, 0.2) is 48.5 Å². The van der Waals surface area contributed by atoms with Gasteiger partial charge in [0.25, 0.3) is 6.43 Å². The summed E-state index contributed by atoms with van der Waals surface area (Å²) in [7, 11) is 0. The van der Waals surface area contributed by atoms with Crippen LogP contribution in [0.3, 0.4) is 0 Å². The summed E-state index contributed by atoms with van der Waals surface area (Å²) in [5.74, 6) is -2.21. The lowest BCUT2D eigenvalue weighted by molar-refractivity contribution is -0.146. The maximum atomic E-state index is 13.6. The van der Waals surface area contributed by atoms with Crippen molar-refractivity contribution in [1.82, 2.24) is 10.2 Å². The first kappa shape index (κ1) is 23.7. The SMILES string of the molecule is O=C(NC(CC(=O)N1CCC(C(=O)O)CC1)C(F)F)OCC1c2ccccc2-c2ccccc21. The van der Waals surface area contributed by atoms with Crippen molar-refractivity contribution in [3.05, 3.63) is 59.7 Å². The Bertz CT molecular complexity index is 1020. The highest BCUT2D eigenvalue weighted by Crippen LogP contribution is 2.44. The average Bonchev–Trinajstić information content (AvgIpc) is 3.16. The largest absolute Gasteiger partial charge is 0.481 e. The summed E-state index contributed by atoms with van der Waals surface area (Å²) in [6.45, 7) is 0.361. The normalized spacial score (nSPS) is 16.6. The number of nitrogens with zero attached hydrogens (tertiary/aromatic N) is 1. The van der Waals surface area contributed by atoms with Crippen LogP contribution in [0.2, 0.25) is 0 Å². The number of carbonyl (C=O) groups excluding carboxylic acids is 2. The molecule has 1 aliphatic carbocycles. The third kappa shape index (κ3) is 5.03. The van der Waals surface area contributed by atoms with E-state index in [0.29, 0.717) is 0 Å². The number of carbonyl (C=O) groups is 3. The van der Waals surface area contributed by atoms with Crippen LogP contribution >= 0.6 is 0 Å². The number of aliphatic carboxylic acids is 1. The highest BCUT2D eigenvalue weighted by atomic mass is 19.3. The van der Waals surface area contributed by atoms with Crippen LogP contribution < -0.4 is 5.32 Å². The molecule has 1 fully saturated rings. The second kappa shape index (κ2) is 10.2. The molecular weight excluding hydrogens is 446 g/mol. The Morgan fingerprint density at radius 2 is 1.56 bits per heavy atom. The number of nitrogens with one attached hydrogen (secondary N) is 1. The molecule has 0 saturated carbocycles. The van der Waals surface area contributed by atoms with Gasteiger partial charge in [0.1, 0.15) is 12.6 Å². The summed E-state index contributed by atoms with van der Waals surface area (Å²) in [4.78, 5) is 37.2. The van der Waals surface area contributed by atoms with E-state index in [2.05, 4.69) is 5.32 Å². The van der Waals surface area contributed by atoms with E-state index in [-0.39, 0.29) is 38.5 Å². The van der Waals surface area contributed by atoms with Crippen LogP contribution in [0.25, 0.3) is 11.1 Å². The van der Waals surface area contributed by atoms with Crippen LogP contribution in [0, 0.1) is 5.92 Å². The molecule has 2 aliphatic rings. The number of ether oxygens (including phenoxy) is 1. The zero-order valence-corrected chi connectivity index (χ0v) is 18.5. The number of amides is 2. The predicted octanol–water partition coefficient (Wildman–Crippen LogP) is 3.87. The molecule has 0 spiro atoms. The van der Waals surface area contributed by atoms with Gasteiger partial charge in [0, 0.05) is 19.0 Å². The van der Waals surface area contributed by atoms with Crippen LogP contribution in [0.1, 0.15) is 36.3 Å². The minimum absolute atomic E-state index is 0.0214. The van der Waals surface area contributed by atoms with Gasteiger partial charge in [-0.1, -0.05) is 48.5 Å². The molecular formula is C25H26F2N2O5. The molecule has 2 aromatic rings. The number of rotatable bonds is 7. The van der Waals surface area contributed by atoms with E-state index in [1.165, 1.54) is 4.90 Å². The molecule has 1 aliphatic heterocycles. The summed E-state index contributed by atoms with van der Waals surface area (Å²) in [6, 6.07) is 13.9. The lowest BCUT2D eigenvalue weighted by Crippen LogP contribution is -2.47. The lowest BCUT2D eigenvalue weighted by Gasteiger charge is -2.31. The Balaban J connectivity index is 1.33. The molecule has 1 saturated heterocycles. The Kier molecular flexibility index (Phi) is 7.09. The molecule has 0 radical (unpaired) electrons. The van der Waals surface area contributed by atoms with Crippen LogP contribution in [0.5, 0.6) is 0 Å². The van der Waals surface area contributed by atoms with Gasteiger partial charge in [0.2, 0.25) is 5.91 Å². The van der Waals surface area contributed by atoms with E-state index >= 15 is 0 Å². The first-order valence-electron chi connectivity index (χ1n) is 11.3. The van der Waals surface area contributed by atoms with Gasteiger partial charge in [0.15, 0.2) is 0 Å². The molecule has 1 heterocycles. The molecule has 2 amide bonds. The average molecular weight is 472 g/mol. The highest BCUT2D eigenvalue weighted by Gasteiger charge is 2.33. The number of hydrogen-bond acceptors (Lipinski definition) is 4. The van der Waals surface area contributed by atoms with Gasteiger partial charge < -0.3 is 20.1 Å². The molecule has 1 atom stereocenters. The zero-order valence-electron chi connectivity index (χ0n) is 18.5. The minimum Gasteiger partial charge on any atom is -0.481 e. The number of benzene rings is 2. The monoisotopic (exact) mass is 472 g/mol. The molecule has 4 rings (SSSR count). The smallest absolute Gasteiger partial charge is 0.407 e. The second-order valence-electron chi connectivity index (χ2n) is 8.61. The van der Waals surface area contributed by atoms with Crippen molar-refractivity contribution in [2.45, 2.75) is 37.6 Å². The van der Waals surface area contributed by atoms with Crippen LogP contribution in [0.4, 0.5) is 13.6 Å². The van der Waals surface area contributed by atoms with Gasteiger partial charge in [-0.25, -0.2) is 13.6 Å². The number of alkyl halides is 2. The summed E-state index contributed by atoms with van der Waals surface area (Å²) in [6.07, 6.45) is -3.99. The first-order valence-corrected chi connectivity index (χ1v) is 11.3. The topological polar surface area (TPSA) is 95.9 Å². The summed E-state index contributed by atoms with van der Waals surface area (Å²) < 4.78 is 32.5. The van der Waals surface area contributed by atoms with Crippen molar-refractivity contribution in [1.29, 1.82) is 0 Å². The summed E-state index contributed by atoms with van der Waals surface area (Å²) >= 11 is 0. The van der Waals surface area contributed by atoms with Gasteiger partial charge >= 0.3 is 12.1 Å². The highest BCUT2D eigenvalue weighted by molar-refractivity contribution is 5.80. The molecule has 1 unspecified atom stereocenters. The molecule has 0 aromatic heterocycles. The fraction of sp³-hybridized carbons (Fsp3) is 0.400. The number of hydrogen-bond donors (Lipinski definition) is 2. The fourth-order valence-electron chi connectivity index (χ4n) is 4.69. The number of carboxylic acid groups (broad SMARTS) is 1. The maximum absolute atomic E-state index is 13.6. The third-order valence-electron chi connectivity index (χ3n) is 6.54. The minimum atomic E-state index is -2.96. The van der Waals surface area contributed by atoms with Crippen LogP contribution in [-0.4, -0.2) is 60.1 Å². The number of carboxylic acids is 1. The van der Waals surface area contributed by atoms with Gasteiger partial charge in [-0.05, 0) is 35.1 Å². The quantitative estimate of drug-likeness (QED) is 0.638. The third-order valence-corrected chi connectivity index (χ3v) is 6.54. The molecule has 2 N–H and O–H groups in total. The summed E-state index contributed by atoms with van der Waals surface area (Å²) in [5, 5.41) is 11.2. The predicted molar refractivity (Wildman–Crippen MR) is 120 cm³/mol. The number of fused-ring (bicyclic) bond motifs is 3. The van der Waals surface area contributed by atoms with Crippen molar-refractivity contribution in [2.24, 2.45) is 5.92 Å². The van der Waals surface area contributed by atoms with Gasteiger partial charge in [-0.3, -0.25) is 9.59 Å². The van der Waals surface area contributed by atoms with E-state index in [1.54, 1.807) is 0 Å². The Morgan fingerprint density at radius 3 is 2.09 bits per heavy atom. The van der Waals surface area contributed by atoms with Crippen molar-refractivity contribution in [3.8, 4) is 11.1 Å². The van der Waals surface area contributed by atoms with Gasteiger partial charge in [-0.15, -0.1) is 0 Å². The molecule has 0 bridgehead atoms. The standard InChI is InChI=1S/C25H26F2N2O5/c26-23(27)21(13-22(30)29-11-9-15(10-12-29)24(31)32)28-25(33)34-14-20-18-7-3-1-5-16(18)17-6-2-4-8-19(17)20/h1-8,15,20-21,23H,9-14H2,(H,28,33)(H,31,32).